The molecule has 0 aliphatic carbocycles. The average molecular weight is 226 g/mol. The van der Waals surface area contributed by atoms with Gasteiger partial charge in [-0.1, -0.05) is 0 Å². The van der Waals surface area contributed by atoms with E-state index in [2.05, 4.69) is 16.6 Å². The van der Waals surface area contributed by atoms with E-state index in [1.807, 2.05) is 25.6 Å². The summed E-state index contributed by atoms with van der Waals surface area (Å²) in [7, 11) is 3.67. The molecule has 2 atom stereocenters. The minimum Gasteiger partial charge on any atom is -0.382 e. The first-order chi connectivity index (χ1) is 7.56. The first kappa shape index (κ1) is 13.2. The topological polar surface area (TPSA) is 65.1 Å². The number of hydrogen-bond acceptors (Lipinski definition) is 4. The van der Waals surface area contributed by atoms with Gasteiger partial charge in [0.05, 0.1) is 11.8 Å². The van der Waals surface area contributed by atoms with Gasteiger partial charge in [-0.3, -0.25) is 16.0 Å². The lowest BCUT2D eigenvalue weighted by atomic mass is 10.1. The molecule has 0 aromatic carbocycles. The van der Waals surface area contributed by atoms with E-state index >= 15 is 0 Å². The van der Waals surface area contributed by atoms with Crippen molar-refractivity contribution < 1.29 is 4.74 Å². The van der Waals surface area contributed by atoms with Crippen molar-refractivity contribution in [3.8, 4) is 0 Å². The first-order valence-electron chi connectivity index (χ1n) is 5.55. The van der Waals surface area contributed by atoms with Crippen molar-refractivity contribution in [1.29, 1.82) is 0 Å². The number of rotatable bonds is 6. The third kappa shape index (κ3) is 3.59. The number of ether oxygens (including phenoxy) is 1. The summed E-state index contributed by atoms with van der Waals surface area (Å²) < 4.78 is 7.14. The maximum absolute atomic E-state index is 5.55. The third-order valence-corrected chi connectivity index (χ3v) is 2.81. The number of nitrogens with zero attached hydrogens (tertiary/aromatic N) is 2. The van der Waals surface area contributed by atoms with Crippen LogP contribution in [0.15, 0.2) is 6.07 Å². The molecule has 1 aromatic rings. The number of hydrazine groups is 1. The molecule has 0 fully saturated rings. The quantitative estimate of drug-likeness (QED) is 0.548. The molecule has 0 saturated carbocycles. The standard InChI is InChI=1S/C11H22N4O/c1-8-5-11(15(3)14-8)7-10(13-12)6-9(2)16-4/h5,9-10,13H,6-7,12H2,1-4H3. The van der Waals surface area contributed by atoms with E-state index in [0.717, 1.165) is 18.5 Å². The normalized spacial score (nSPS) is 15.1. The Bertz CT molecular complexity index is 324. The van der Waals surface area contributed by atoms with Crippen molar-refractivity contribution in [2.45, 2.75) is 38.8 Å². The molecular weight excluding hydrogens is 204 g/mol. The summed E-state index contributed by atoms with van der Waals surface area (Å²) in [6.45, 7) is 4.03. The van der Waals surface area contributed by atoms with Crippen LogP contribution in [0.25, 0.3) is 0 Å². The van der Waals surface area contributed by atoms with Gasteiger partial charge in [-0.25, -0.2) is 0 Å². The molecule has 0 radical (unpaired) electrons. The molecule has 5 nitrogen and oxygen atoms in total. The number of aryl methyl sites for hydroxylation is 2. The lowest BCUT2D eigenvalue weighted by Crippen LogP contribution is -2.39. The summed E-state index contributed by atoms with van der Waals surface area (Å²) >= 11 is 0. The Labute approximate surface area is 96.9 Å². The summed E-state index contributed by atoms with van der Waals surface area (Å²) in [5, 5.41) is 4.31. The molecule has 16 heavy (non-hydrogen) atoms. The number of nitrogens with one attached hydrogen (secondary N) is 1. The Morgan fingerprint density at radius 1 is 1.62 bits per heavy atom. The molecule has 92 valence electrons. The molecule has 3 N–H and O–H groups in total. The van der Waals surface area contributed by atoms with Gasteiger partial charge < -0.3 is 4.74 Å². The van der Waals surface area contributed by atoms with Gasteiger partial charge in [-0.2, -0.15) is 5.10 Å². The summed E-state index contributed by atoms with van der Waals surface area (Å²) in [5.74, 6) is 5.55. The van der Waals surface area contributed by atoms with Gasteiger partial charge in [0.2, 0.25) is 0 Å². The predicted molar refractivity (Wildman–Crippen MR) is 63.8 cm³/mol. The summed E-state index contributed by atoms with van der Waals surface area (Å²) in [6.07, 6.45) is 1.95. The maximum atomic E-state index is 5.55. The van der Waals surface area contributed by atoms with Crippen LogP contribution in [0.1, 0.15) is 24.7 Å². The van der Waals surface area contributed by atoms with Crippen LogP contribution in [0.4, 0.5) is 0 Å². The molecule has 0 amide bonds. The summed E-state index contributed by atoms with van der Waals surface area (Å²) in [4.78, 5) is 0. The van der Waals surface area contributed by atoms with Gasteiger partial charge in [0.25, 0.3) is 0 Å². The van der Waals surface area contributed by atoms with Crippen molar-refractivity contribution >= 4 is 0 Å². The lowest BCUT2D eigenvalue weighted by molar-refractivity contribution is 0.100. The zero-order valence-electron chi connectivity index (χ0n) is 10.5. The minimum atomic E-state index is 0.204. The molecule has 0 spiro atoms. The molecule has 0 aliphatic heterocycles. The fraction of sp³-hybridized carbons (Fsp3) is 0.727. The largest absolute Gasteiger partial charge is 0.382 e. The average Bonchev–Trinajstić information content (AvgIpc) is 2.56. The predicted octanol–water partition coefficient (Wildman–Crippen LogP) is 0.528. The zero-order chi connectivity index (χ0) is 12.1. The van der Waals surface area contributed by atoms with Gasteiger partial charge in [0, 0.05) is 32.3 Å². The molecule has 0 bridgehead atoms. The van der Waals surface area contributed by atoms with Crippen LogP contribution >= 0.6 is 0 Å². The van der Waals surface area contributed by atoms with Crippen molar-refractivity contribution in [3.63, 3.8) is 0 Å². The van der Waals surface area contributed by atoms with Crippen LogP contribution in [0.2, 0.25) is 0 Å². The second kappa shape index (κ2) is 5.98. The molecule has 5 heteroatoms. The van der Waals surface area contributed by atoms with E-state index < -0.39 is 0 Å². The Morgan fingerprint density at radius 3 is 2.75 bits per heavy atom. The van der Waals surface area contributed by atoms with Crippen molar-refractivity contribution in [1.82, 2.24) is 15.2 Å². The highest BCUT2D eigenvalue weighted by Gasteiger charge is 2.14. The van der Waals surface area contributed by atoms with E-state index in [-0.39, 0.29) is 12.1 Å². The Morgan fingerprint density at radius 2 is 2.31 bits per heavy atom. The first-order valence-corrected chi connectivity index (χ1v) is 5.55. The Kier molecular flexibility index (Phi) is 4.92. The number of nitrogens with two attached hydrogens (primary N) is 1. The number of methoxy groups -OCH3 is 1. The van der Waals surface area contributed by atoms with Crippen LogP contribution in [0.5, 0.6) is 0 Å². The van der Waals surface area contributed by atoms with E-state index in [9.17, 15) is 0 Å². The fourth-order valence-corrected chi connectivity index (χ4v) is 1.81. The molecule has 0 aliphatic rings. The van der Waals surface area contributed by atoms with Crippen LogP contribution in [0, 0.1) is 6.92 Å². The molecule has 2 unspecified atom stereocenters. The van der Waals surface area contributed by atoms with Crippen LogP contribution < -0.4 is 11.3 Å². The van der Waals surface area contributed by atoms with Gasteiger partial charge in [0.1, 0.15) is 0 Å². The zero-order valence-corrected chi connectivity index (χ0v) is 10.5. The number of hydrogen-bond donors (Lipinski definition) is 2. The van der Waals surface area contributed by atoms with Gasteiger partial charge in [-0.15, -0.1) is 0 Å². The van der Waals surface area contributed by atoms with Gasteiger partial charge in [0.15, 0.2) is 0 Å². The Balaban J connectivity index is 2.59. The van der Waals surface area contributed by atoms with Gasteiger partial charge >= 0.3 is 0 Å². The third-order valence-electron chi connectivity index (χ3n) is 2.81. The molecule has 1 aromatic heterocycles. The van der Waals surface area contributed by atoms with E-state index in [4.69, 9.17) is 10.6 Å². The van der Waals surface area contributed by atoms with E-state index in [1.165, 1.54) is 5.69 Å². The molecule has 0 saturated heterocycles. The highest BCUT2D eigenvalue weighted by atomic mass is 16.5. The van der Waals surface area contributed by atoms with Crippen molar-refractivity contribution in [2.24, 2.45) is 12.9 Å². The van der Waals surface area contributed by atoms with E-state index in [1.54, 1.807) is 7.11 Å². The SMILES string of the molecule is COC(C)CC(Cc1cc(C)nn1C)NN. The Hall–Kier alpha value is -0.910. The second-order valence-electron chi connectivity index (χ2n) is 4.25. The van der Waals surface area contributed by atoms with Gasteiger partial charge in [-0.05, 0) is 26.3 Å². The highest BCUT2D eigenvalue weighted by Crippen LogP contribution is 2.09. The fourth-order valence-electron chi connectivity index (χ4n) is 1.81. The minimum absolute atomic E-state index is 0.204. The highest BCUT2D eigenvalue weighted by molar-refractivity contribution is 5.10. The maximum Gasteiger partial charge on any atom is 0.0596 e. The molecule has 1 heterocycles. The number of aromatic nitrogens is 2. The summed E-state index contributed by atoms with van der Waals surface area (Å²) in [5.41, 5.74) is 5.05. The lowest BCUT2D eigenvalue weighted by Gasteiger charge is -2.19. The summed E-state index contributed by atoms with van der Waals surface area (Å²) in [6, 6.07) is 2.30. The monoisotopic (exact) mass is 226 g/mol. The molecule has 1 rings (SSSR count). The van der Waals surface area contributed by atoms with Crippen molar-refractivity contribution in [3.05, 3.63) is 17.5 Å². The smallest absolute Gasteiger partial charge is 0.0596 e. The van der Waals surface area contributed by atoms with Crippen LogP contribution in [0.3, 0.4) is 0 Å². The van der Waals surface area contributed by atoms with Crippen LogP contribution in [-0.2, 0) is 18.2 Å². The van der Waals surface area contributed by atoms with E-state index in [0.29, 0.717) is 0 Å². The van der Waals surface area contributed by atoms with Crippen LogP contribution in [-0.4, -0.2) is 29.0 Å². The molecular formula is C11H22N4O. The second-order valence-corrected chi connectivity index (χ2v) is 4.25. The van der Waals surface area contributed by atoms with Crippen molar-refractivity contribution in [2.75, 3.05) is 7.11 Å².